The highest BCUT2D eigenvalue weighted by Crippen LogP contribution is 2.36. The van der Waals surface area contributed by atoms with Crippen molar-refractivity contribution >= 4 is 23.3 Å². The van der Waals surface area contributed by atoms with Crippen LogP contribution in [0.25, 0.3) is 5.57 Å². The maximum atomic E-state index is 12.8. The third-order valence-electron chi connectivity index (χ3n) is 6.19. The molecule has 10 heteroatoms. The van der Waals surface area contributed by atoms with Crippen LogP contribution in [0.5, 0.6) is 0 Å². The number of aliphatic imine (C=N–C) groups is 1. The largest absolute Gasteiger partial charge is 0.478 e. The molecule has 2 aliphatic heterocycles. The summed E-state index contributed by atoms with van der Waals surface area (Å²) in [4.78, 5) is 29.3. The summed E-state index contributed by atoms with van der Waals surface area (Å²) in [7, 11) is 0. The zero-order chi connectivity index (χ0) is 26.2. The van der Waals surface area contributed by atoms with Crippen molar-refractivity contribution in [1.82, 2.24) is 10.2 Å². The van der Waals surface area contributed by atoms with Crippen molar-refractivity contribution in [3.63, 3.8) is 0 Å². The summed E-state index contributed by atoms with van der Waals surface area (Å²) >= 11 is 0. The Kier molecular flexibility index (Phi) is 6.62. The Morgan fingerprint density at radius 2 is 1.69 bits per heavy atom. The maximum absolute atomic E-state index is 12.8. The number of nitrogens with zero attached hydrogens (tertiary/aromatic N) is 2. The monoisotopic (exact) mass is 499 g/mol. The molecule has 0 aromatic heterocycles. The van der Waals surface area contributed by atoms with Crippen molar-refractivity contribution in [3.8, 4) is 0 Å². The highest BCUT2D eigenvalue weighted by Gasteiger charge is 2.34. The summed E-state index contributed by atoms with van der Waals surface area (Å²) in [6.07, 6.45) is -1.78. The first-order valence-electron chi connectivity index (χ1n) is 11.2. The summed E-state index contributed by atoms with van der Waals surface area (Å²) in [6, 6.07) is 9.62. The predicted molar refractivity (Wildman–Crippen MR) is 128 cm³/mol. The summed E-state index contributed by atoms with van der Waals surface area (Å²) in [5.41, 5.74) is 4.13. The summed E-state index contributed by atoms with van der Waals surface area (Å²) in [5, 5.41) is 21.5. The minimum Gasteiger partial charge on any atom is -0.478 e. The van der Waals surface area contributed by atoms with Gasteiger partial charge >= 0.3 is 18.1 Å². The number of aromatic carboxylic acids is 2. The minimum absolute atomic E-state index is 0.165. The van der Waals surface area contributed by atoms with Gasteiger partial charge in [0, 0.05) is 18.3 Å². The summed E-state index contributed by atoms with van der Waals surface area (Å²) in [5.74, 6) is -1.58. The minimum atomic E-state index is -4.31. The Hall–Kier alpha value is -4.08. The van der Waals surface area contributed by atoms with Crippen LogP contribution in [0.1, 0.15) is 55.4 Å². The van der Waals surface area contributed by atoms with Gasteiger partial charge in [0.2, 0.25) is 0 Å². The molecule has 188 valence electrons. The maximum Gasteiger partial charge on any atom is 0.390 e. The van der Waals surface area contributed by atoms with Gasteiger partial charge in [-0.25, -0.2) is 9.59 Å². The van der Waals surface area contributed by atoms with Gasteiger partial charge in [-0.2, -0.15) is 13.2 Å². The van der Waals surface area contributed by atoms with Crippen molar-refractivity contribution < 1.29 is 33.0 Å². The van der Waals surface area contributed by atoms with E-state index in [1.807, 2.05) is 11.1 Å². The van der Waals surface area contributed by atoms with E-state index in [2.05, 4.69) is 10.3 Å². The fourth-order valence-electron chi connectivity index (χ4n) is 4.38. The predicted octanol–water partition coefficient (Wildman–Crippen LogP) is 4.94. The van der Waals surface area contributed by atoms with Crippen LogP contribution in [0, 0.1) is 13.8 Å². The number of benzene rings is 2. The van der Waals surface area contributed by atoms with E-state index in [9.17, 15) is 33.0 Å². The number of carboxylic acid groups (broad SMARTS) is 2. The topological polar surface area (TPSA) is 102 Å². The standard InChI is InChI=1S/C26H24F3N3O4/c1-14-9-16(3-5-19(14)24(33)34)18-11-21(30-8-7-26(27,28)29)23-31-12-22(32(23)13-18)17-4-6-20(25(35)36)15(2)10-17/h3-6,9-11,13,22,30H,7-8,12H2,1-2H3,(H,33,34)(H,35,36). The van der Waals surface area contributed by atoms with Crippen molar-refractivity contribution in [2.24, 2.45) is 4.99 Å². The molecule has 0 bridgehead atoms. The second-order valence-corrected chi connectivity index (χ2v) is 8.74. The molecule has 4 rings (SSSR count). The van der Waals surface area contributed by atoms with Crippen molar-refractivity contribution in [2.45, 2.75) is 32.5 Å². The number of aryl methyl sites for hydroxylation is 2. The third kappa shape index (κ3) is 5.12. The van der Waals surface area contributed by atoms with E-state index >= 15 is 0 Å². The van der Waals surface area contributed by atoms with Crippen molar-refractivity contribution in [1.29, 1.82) is 0 Å². The number of amidine groups is 1. The second kappa shape index (κ2) is 9.52. The number of rotatable bonds is 7. The molecule has 0 spiro atoms. The number of halogens is 3. The summed E-state index contributed by atoms with van der Waals surface area (Å²) in [6.45, 7) is 3.39. The molecular formula is C26H24F3N3O4. The molecule has 0 aliphatic carbocycles. The first kappa shape index (κ1) is 25.0. The second-order valence-electron chi connectivity index (χ2n) is 8.74. The van der Waals surface area contributed by atoms with Gasteiger partial charge in [-0.15, -0.1) is 0 Å². The normalized spacial score (nSPS) is 17.2. The Morgan fingerprint density at radius 3 is 2.28 bits per heavy atom. The first-order valence-corrected chi connectivity index (χ1v) is 11.2. The van der Waals surface area contributed by atoms with Crippen LogP contribution in [-0.4, -0.2) is 52.2 Å². The number of carboxylic acids is 2. The van der Waals surface area contributed by atoms with Gasteiger partial charge in [0.05, 0.1) is 35.8 Å². The van der Waals surface area contributed by atoms with Crippen LogP contribution < -0.4 is 5.32 Å². The zero-order valence-electron chi connectivity index (χ0n) is 19.6. The lowest BCUT2D eigenvalue weighted by Crippen LogP contribution is -2.35. The highest BCUT2D eigenvalue weighted by atomic mass is 19.4. The van der Waals surface area contributed by atoms with Crippen LogP contribution >= 0.6 is 0 Å². The highest BCUT2D eigenvalue weighted by molar-refractivity contribution is 6.05. The van der Waals surface area contributed by atoms with Crippen LogP contribution in [-0.2, 0) is 0 Å². The van der Waals surface area contributed by atoms with E-state index in [4.69, 9.17) is 0 Å². The number of nitrogens with one attached hydrogen (secondary N) is 1. The number of hydrogen-bond donors (Lipinski definition) is 3. The van der Waals surface area contributed by atoms with Crippen molar-refractivity contribution in [2.75, 3.05) is 13.1 Å². The Balaban J connectivity index is 1.71. The Morgan fingerprint density at radius 1 is 1.06 bits per heavy atom. The molecule has 7 nitrogen and oxygen atoms in total. The van der Waals surface area contributed by atoms with Crippen LogP contribution in [0.15, 0.2) is 59.4 Å². The molecule has 2 aromatic rings. The van der Waals surface area contributed by atoms with Gasteiger partial charge in [-0.05, 0) is 54.3 Å². The Bertz CT molecular complexity index is 1330. The molecule has 0 saturated carbocycles. The van der Waals surface area contributed by atoms with Gasteiger partial charge in [-0.1, -0.05) is 24.3 Å². The van der Waals surface area contributed by atoms with E-state index in [1.54, 1.807) is 44.2 Å². The fourth-order valence-corrected chi connectivity index (χ4v) is 4.38. The Labute approximate surface area is 205 Å². The number of alkyl halides is 3. The van der Waals surface area contributed by atoms with E-state index in [-0.39, 0.29) is 23.7 Å². The summed E-state index contributed by atoms with van der Waals surface area (Å²) < 4.78 is 38.3. The van der Waals surface area contributed by atoms with Gasteiger partial charge < -0.3 is 20.4 Å². The van der Waals surface area contributed by atoms with E-state index in [0.29, 0.717) is 40.3 Å². The molecule has 0 fully saturated rings. The lowest BCUT2D eigenvalue weighted by molar-refractivity contribution is -0.133. The van der Waals surface area contributed by atoms with Crippen LogP contribution in [0.2, 0.25) is 0 Å². The molecule has 2 aliphatic rings. The van der Waals surface area contributed by atoms with Crippen LogP contribution in [0.4, 0.5) is 13.2 Å². The van der Waals surface area contributed by atoms with E-state index in [0.717, 1.165) is 5.56 Å². The van der Waals surface area contributed by atoms with Gasteiger partial charge in [-0.3, -0.25) is 4.99 Å². The average Bonchev–Trinajstić information content (AvgIpc) is 3.21. The molecule has 3 N–H and O–H groups in total. The smallest absolute Gasteiger partial charge is 0.390 e. The number of carbonyl (C=O) groups is 2. The average molecular weight is 499 g/mol. The fraction of sp³-hybridized carbons (Fsp3) is 0.269. The molecule has 1 atom stereocenters. The third-order valence-corrected chi connectivity index (χ3v) is 6.19. The van der Waals surface area contributed by atoms with Gasteiger partial charge in [0.25, 0.3) is 0 Å². The molecule has 0 radical (unpaired) electrons. The number of fused-ring (bicyclic) bond motifs is 1. The SMILES string of the molecule is Cc1cc(C2=CN3C(=NCC3c3ccc(C(=O)O)c(C)c3)C(NCCC(F)(F)F)=C2)ccc1C(=O)O. The molecule has 0 saturated heterocycles. The number of allylic oxidation sites excluding steroid dienone is 2. The molecule has 2 heterocycles. The first-order chi connectivity index (χ1) is 16.9. The van der Waals surface area contributed by atoms with E-state index in [1.165, 1.54) is 12.1 Å². The number of hydrogen-bond acceptors (Lipinski definition) is 5. The van der Waals surface area contributed by atoms with Crippen molar-refractivity contribution in [3.05, 3.63) is 87.8 Å². The van der Waals surface area contributed by atoms with Gasteiger partial charge in [0.15, 0.2) is 5.84 Å². The molecule has 1 unspecified atom stereocenters. The van der Waals surface area contributed by atoms with Crippen LogP contribution in [0.3, 0.4) is 0 Å². The lowest BCUT2D eigenvalue weighted by Gasteiger charge is -2.31. The lowest BCUT2D eigenvalue weighted by atomic mass is 9.96. The molecule has 2 aromatic carbocycles. The zero-order valence-corrected chi connectivity index (χ0v) is 19.6. The quantitative estimate of drug-likeness (QED) is 0.499. The van der Waals surface area contributed by atoms with Gasteiger partial charge in [0.1, 0.15) is 0 Å². The molecule has 0 amide bonds. The molecule has 36 heavy (non-hydrogen) atoms. The molecular weight excluding hydrogens is 475 g/mol. The van der Waals surface area contributed by atoms with E-state index < -0.39 is 24.5 Å².